The van der Waals surface area contributed by atoms with Gasteiger partial charge in [-0.1, -0.05) is 36.4 Å². The maximum atomic E-state index is 12.2. The minimum absolute atomic E-state index is 0.190. The van der Waals surface area contributed by atoms with Crippen molar-refractivity contribution in [2.24, 2.45) is 11.8 Å². The van der Waals surface area contributed by atoms with Crippen LogP contribution in [0.5, 0.6) is 0 Å². The van der Waals surface area contributed by atoms with Gasteiger partial charge >= 0.3 is 0 Å². The summed E-state index contributed by atoms with van der Waals surface area (Å²) in [6, 6.07) is 8.40. The number of benzene rings is 1. The van der Waals surface area contributed by atoms with Crippen LogP contribution in [-0.4, -0.2) is 5.78 Å². The van der Waals surface area contributed by atoms with Crippen LogP contribution in [0.3, 0.4) is 0 Å². The summed E-state index contributed by atoms with van der Waals surface area (Å²) in [6.45, 7) is 0. The van der Waals surface area contributed by atoms with E-state index in [9.17, 15) is 4.79 Å². The third-order valence-electron chi connectivity index (χ3n) is 4.35. The van der Waals surface area contributed by atoms with Gasteiger partial charge in [0, 0.05) is 5.92 Å². The number of hydrogen-bond donors (Lipinski definition) is 0. The minimum atomic E-state index is 0.190. The highest BCUT2D eigenvalue weighted by molar-refractivity contribution is 6.00. The lowest BCUT2D eigenvalue weighted by Crippen LogP contribution is -2.16. The fourth-order valence-electron chi connectivity index (χ4n) is 3.83. The number of fused-ring (bicyclic) bond motifs is 8. The van der Waals surface area contributed by atoms with Crippen LogP contribution in [0.4, 0.5) is 0 Å². The van der Waals surface area contributed by atoms with Crippen molar-refractivity contribution in [1.82, 2.24) is 0 Å². The monoisotopic (exact) mass is 196 g/mol. The van der Waals surface area contributed by atoms with Crippen molar-refractivity contribution in [3.8, 4) is 0 Å². The third-order valence-corrected chi connectivity index (χ3v) is 4.35. The summed E-state index contributed by atoms with van der Waals surface area (Å²) in [5.74, 6) is 1.98. The summed E-state index contributed by atoms with van der Waals surface area (Å²) < 4.78 is 0. The molecule has 4 atom stereocenters. The fraction of sp³-hybridized carbons (Fsp3) is 0.357. The Labute approximate surface area is 88.8 Å². The summed E-state index contributed by atoms with van der Waals surface area (Å²) >= 11 is 0. The van der Waals surface area contributed by atoms with Crippen LogP contribution in [0.2, 0.25) is 0 Å². The van der Waals surface area contributed by atoms with E-state index >= 15 is 0 Å². The van der Waals surface area contributed by atoms with Gasteiger partial charge in [0.05, 0.1) is 5.92 Å². The highest BCUT2D eigenvalue weighted by Gasteiger charge is 2.56. The van der Waals surface area contributed by atoms with Crippen LogP contribution < -0.4 is 0 Å². The van der Waals surface area contributed by atoms with Gasteiger partial charge in [0.1, 0.15) is 5.78 Å². The zero-order valence-electron chi connectivity index (χ0n) is 8.39. The molecule has 74 valence electrons. The van der Waals surface area contributed by atoms with Crippen LogP contribution in [0.15, 0.2) is 36.4 Å². The van der Waals surface area contributed by atoms with Gasteiger partial charge in [-0.2, -0.15) is 0 Å². The normalized spacial score (nSPS) is 39.6. The largest absolute Gasteiger partial charge is 0.298 e. The lowest BCUT2D eigenvalue weighted by molar-refractivity contribution is -0.119. The van der Waals surface area contributed by atoms with Crippen molar-refractivity contribution in [3.63, 3.8) is 0 Å². The second-order valence-electron chi connectivity index (χ2n) is 4.89. The molecular formula is C14H12O. The lowest BCUT2D eigenvalue weighted by Gasteiger charge is -2.24. The highest BCUT2D eigenvalue weighted by Crippen LogP contribution is 2.60. The van der Waals surface area contributed by atoms with Gasteiger partial charge < -0.3 is 0 Å². The number of Topliss-reactive ketones (excluding diaryl/α,β-unsaturated/α-hetero) is 1. The Hall–Kier alpha value is -1.37. The number of allylic oxidation sites excluding steroid dienone is 2. The molecule has 1 heteroatoms. The van der Waals surface area contributed by atoms with Crippen molar-refractivity contribution in [2.45, 2.75) is 18.3 Å². The molecule has 1 fully saturated rings. The average Bonchev–Trinajstić information content (AvgIpc) is 2.86. The van der Waals surface area contributed by atoms with E-state index in [4.69, 9.17) is 0 Å². The second-order valence-corrected chi connectivity index (χ2v) is 4.89. The van der Waals surface area contributed by atoms with E-state index in [2.05, 4.69) is 36.4 Å². The molecule has 0 saturated heterocycles. The first-order valence-corrected chi connectivity index (χ1v) is 5.67. The molecule has 4 rings (SSSR count). The first-order valence-electron chi connectivity index (χ1n) is 5.67. The zero-order chi connectivity index (χ0) is 9.99. The molecule has 0 N–H and O–H groups in total. The first-order chi connectivity index (χ1) is 7.38. The van der Waals surface area contributed by atoms with Crippen molar-refractivity contribution in [2.75, 3.05) is 0 Å². The number of ketones is 1. The highest BCUT2D eigenvalue weighted by atomic mass is 16.1. The lowest BCUT2D eigenvalue weighted by atomic mass is 9.78. The number of rotatable bonds is 0. The van der Waals surface area contributed by atoms with Crippen LogP contribution in [0.25, 0.3) is 0 Å². The Bertz CT molecular complexity index is 486. The number of hydrogen-bond acceptors (Lipinski definition) is 1. The predicted molar refractivity (Wildman–Crippen MR) is 57.7 cm³/mol. The van der Waals surface area contributed by atoms with Gasteiger partial charge in [0.2, 0.25) is 0 Å². The van der Waals surface area contributed by atoms with Gasteiger partial charge in [-0.3, -0.25) is 4.79 Å². The standard InChI is InChI=1S/C14H12O/c15-14-12-8-4-1-2-5-9(8)13(14)11-7-3-6-10(11)12/h1-6,10-13H,7H2/t10-,11+,12-,13+/m0/s1. The molecule has 0 unspecified atom stereocenters. The fourth-order valence-corrected chi connectivity index (χ4v) is 3.83. The van der Waals surface area contributed by atoms with Crippen LogP contribution in [0.1, 0.15) is 29.4 Å². The second kappa shape index (κ2) is 2.41. The molecule has 0 spiro atoms. The Balaban J connectivity index is 1.98. The van der Waals surface area contributed by atoms with Gasteiger partial charge in [0.15, 0.2) is 0 Å². The Kier molecular flexibility index (Phi) is 1.26. The molecule has 0 aliphatic heterocycles. The Morgan fingerprint density at radius 2 is 1.80 bits per heavy atom. The zero-order valence-corrected chi connectivity index (χ0v) is 8.39. The first kappa shape index (κ1) is 7.86. The Morgan fingerprint density at radius 1 is 1.07 bits per heavy atom. The smallest absolute Gasteiger partial charge is 0.148 e. The average molecular weight is 196 g/mol. The molecule has 1 nitrogen and oxygen atoms in total. The van der Waals surface area contributed by atoms with E-state index < -0.39 is 0 Å². The minimum Gasteiger partial charge on any atom is -0.298 e. The van der Waals surface area contributed by atoms with Gasteiger partial charge in [0.25, 0.3) is 0 Å². The van der Waals surface area contributed by atoms with Crippen LogP contribution in [0, 0.1) is 11.8 Å². The SMILES string of the molecule is O=C1[C@@H]2c3ccccc3[C@H]1[C@H]1C=CC[C@H]12. The topological polar surface area (TPSA) is 17.1 Å². The number of carbonyl (C=O) groups is 1. The summed E-state index contributed by atoms with van der Waals surface area (Å²) in [5.41, 5.74) is 2.62. The van der Waals surface area contributed by atoms with E-state index in [-0.39, 0.29) is 11.8 Å². The molecule has 1 aromatic carbocycles. The van der Waals surface area contributed by atoms with Crippen molar-refractivity contribution < 1.29 is 4.79 Å². The quantitative estimate of drug-likeness (QED) is 0.583. The molecule has 0 radical (unpaired) electrons. The predicted octanol–water partition coefficient (Wildman–Crippen LogP) is 2.64. The molecule has 0 heterocycles. The van der Waals surface area contributed by atoms with Crippen molar-refractivity contribution >= 4 is 5.78 Å². The molecule has 3 aliphatic carbocycles. The summed E-state index contributed by atoms with van der Waals surface area (Å²) in [7, 11) is 0. The van der Waals surface area contributed by atoms with E-state index in [0.29, 0.717) is 17.6 Å². The summed E-state index contributed by atoms with van der Waals surface area (Å²) in [4.78, 5) is 12.2. The van der Waals surface area contributed by atoms with Crippen molar-refractivity contribution in [1.29, 1.82) is 0 Å². The molecule has 2 bridgehead atoms. The van der Waals surface area contributed by atoms with Gasteiger partial charge in [-0.15, -0.1) is 0 Å². The van der Waals surface area contributed by atoms with Crippen LogP contribution >= 0.6 is 0 Å². The molecule has 3 aliphatic rings. The molecule has 1 saturated carbocycles. The Morgan fingerprint density at radius 3 is 2.60 bits per heavy atom. The summed E-state index contributed by atoms with van der Waals surface area (Å²) in [5, 5.41) is 0. The van der Waals surface area contributed by atoms with E-state index in [1.54, 1.807) is 0 Å². The maximum absolute atomic E-state index is 12.2. The van der Waals surface area contributed by atoms with Crippen molar-refractivity contribution in [3.05, 3.63) is 47.5 Å². The molecular weight excluding hydrogens is 184 g/mol. The number of carbonyl (C=O) groups excluding carboxylic acids is 1. The molecule has 0 aromatic heterocycles. The molecule has 15 heavy (non-hydrogen) atoms. The molecule has 0 amide bonds. The van der Waals surface area contributed by atoms with E-state index in [0.717, 1.165) is 6.42 Å². The molecule has 1 aromatic rings. The summed E-state index contributed by atoms with van der Waals surface area (Å²) in [6.07, 6.45) is 5.63. The van der Waals surface area contributed by atoms with E-state index in [1.807, 2.05) is 0 Å². The maximum Gasteiger partial charge on any atom is 0.148 e. The van der Waals surface area contributed by atoms with Gasteiger partial charge in [-0.05, 0) is 29.4 Å². The van der Waals surface area contributed by atoms with E-state index in [1.165, 1.54) is 11.1 Å². The van der Waals surface area contributed by atoms with Crippen LogP contribution in [-0.2, 0) is 4.79 Å². The van der Waals surface area contributed by atoms with Gasteiger partial charge in [-0.25, -0.2) is 0 Å². The third kappa shape index (κ3) is 0.750.